The van der Waals surface area contributed by atoms with E-state index in [-0.39, 0.29) is 5.02 Å². The summed E-state index contributed by atoms with van der Waals surface area (Å²) >= 11 is 0. The van der Waals surface area contributed by atoms with Crippen LogP contribution in [0.2, 0.25) is 0 Å². The van der Waals surface area contributed by atoms with E-state index in [1.54, 1.807) is 0 Å². The molecule has 0 unspecified atom stereocenters. The zero-order valence-corrected chi connectivity index (χ0v) is 19.4. The number of nitrogens with one attached hydrogen (secondary N) is 1. The summed E-state index contributed by atoms with van der Waals surface area (Å²) in [7, 11) is -1.21. The number of hydrogen-bond acceptors (Lipinski definition) is 1. The molecule has 0 aromatic heterocycles. The van der Waals surface area contributed by atoms with Gasteiger partial charge < -0.3 is 5.32 Å². The van der Waals surface area contributed by atoms with Crippen LogP contribution in [0.4, 0.5) is 0 Å². The predicted molar refractivity (Wildman–Crippen MR) is 138 cm³/mol. The Morgan fingerprint density at radius 1 is 0.484 bits per heavy atom. The molecule has 1 aliphatic rings. The van der Waals surface area contributed by atoms with Crippen LogP contribution in [0.3, 0.4) is 0 Å². The Labute approximate surface area is 188 Å². The Hall–Kier alpha value is -2.30. The van der Waals surface area contributed by atoms with E-state index in [0.29, 0.717) is 0 Å². The van der Waals surface area contributed by atoms with E-state index in [2.05, 4.69) is 127 Å². The van der Waals surface area contributed by atoms with Gasteiger partial charge in [-0.05, 0) is 56.4 Å². The fraction of sp³-hybridized carbons (Fsp3) is 0.143. The number of benzene rings is 4. The fourth-order valence-corrected chi connectivity index (χ4v) is 12.3. The van der Waals surface area contributed by atoms with Gasteiger partial charge in [-0.1, -0.05) is 121 Å². The average molecular weight is 439 g/mol. The average Bonchev–Trinajstić information content (AvgIpc) is 3.32. The van der Waals surface area contributed by atoms with Crippen LogP contribution in [0.5, 0.6) is 0 Å². The summed E-state index contributed by atoms with van der Waals surface area (Å²) in [6.45, 7) is 1.08. The highest BCUT2D eigenvalue weighted by Gasteiger charge is 2.49. The van der Waals surface area contributed by atoms with E-state index in [1.165, 1.54) is 34.1 Å². The van der Waals surface area contributed by atoms with Crippen molar-refractivity contribution in [2.24, 2.45) is 0 Å². The lowest BCUT2D eigenvalue weighted by atomic mass is 10.3. The first kappa shape index (κ1) is 20.6. The zero-order chi connectivity index (χ0) is 20.9. The molecule has 0 bridgehead atoms. The maximum absolute atomic E-state index is 4.12. The van der Waals surface area contributed by atoms with E-state index in [9.17, 15) is 0 Å². The highest BCUT2D eigenvalue weighted by atomic mass is 31.2. The van der Waals surface area contributed by atoms with Gasteiger partial charge in [0.1, 0.15) is 0 Å². The van der Waals surface area contributed by atoms with Crippen LogP contribution in [-0.4, -0.2) is 11.6 Å². The van der Waals surface area contributed by atoms with Gasteiger partial charge in [0.05, 0.1) is 5.02 Å². The molecular weight excluding hydrogens is 412 g/mol. The Kier molecular flexibility index (Phi) is 6.28. The van der Waals surface area contributed by atoms with Crippen LogP contribution in [0, 0.1) is 0 Å². The molecule has 1 aliphatic heterocycles. The standard InChI is InChI=1S/C28H27NP2/c1-5-14-24(15-6-1)30(25-16-7-2-8-17-25)28(22-13-23-29-28)31(26-18-9-3-10-19-26)27-20-11-4-12-21-27/h1-12,14-21,29H,13,22-23H2. The second-order valence-corrected chi connectivity index (χ2v) is 13.1. The molecule has 0 amide bonds. The highest BCUT2D eigenvalue weighted by molar-refractivity contribution is 7.90. The summed E-state index contributed by atoms with van der Waals surface area (Å²) in [6.07, 6.45) is 2.41. The van der Waals surface area contributed by atoms with E-state index in [1.807, 2.05) is 0 Å². The first-order chi connectivity index (χ1) is 15.4. The summed E-state index contributed by atoms with van der Waals surface area (Å²) in [4.78, 5) is 0. The van der Waals surface area contributed by atoms with Crippen molar-refractivity contribution >= 4 is 37.1 Å². The quantitative estimate of drug-likeness (QED) is 0.403. The van der Waals surface area contributed by atoms with Crippen molar-refractivity contribution in [3.63, 3.8) is 0 Å². The van der Waals surface area contributed by atoms with Crippen LogP contribution in [0.15, 0.2) is 121 Å². The number of hydrogen-bond donors (Lipinski definition) is 1. The van der Waals surface area contributed by atoms with E-state index >= 15 is 0 Å². The van der Waals surface area contributed by atoms with Crippen LogP contribution in [0.25, 0.3) is 0 Å². The van der Waals surface area contributed by atoms with Crippen molar-refractivity contribution in [3.8, 4) is 0 Å². The molecule has 5 rings (SSSR count). The Bertz CT molecular complexity index is 915. The second-order valence-electron chi connectivity index (χ2n) is 7.86. The van der Waals surface area contributed by atoms with Gasteiger partial charge in [0, 0.05) is 0 Å². The molecule has 0 spiro atoms. The van der Waals surface area contributed by atoms with Gasteiger partial charge in [0.25, 0.3) is 0 Å². The molecule has 31 heavy (non-hydrogen) atoms. The van der Waals surface area contributed by atoms with E-state index < -0.39 is 15.8 Å². The van der Waals surface area contributed by atoms with Crippen molar-refractivity contribution in [2.45, 2.75) is 17.9 Å². The van der Waals surface area contributed by atoms with Crippen LogP contribution in [-0.2, 0) is 0 Å². The van der Waals surface area contributed by atoms with E-state index in [0.717, 1.165) is 6.54 Å². The SMILES string of the molecule is c1ccc(P(c2ccccc2)C2(P(c3ccccc3)c3ccccc3)CCCN2)cc1. The molecule has 1 heterocycles. The summed E-state index contributed by atoms with van der Waals surface area (Å²) < 4.78 is 0. The fourth-order valence-electron chi connectivity index (χ4n) is 4.65. The lowest BCUT2D eigenvalue weighted by Gasteiger charge is -2.45. The first-order valence-electron chi connectivity index (χ1n) is 10.9. The van der Waals surface area contributed by atoms with Gasteiger partial charge in [-0.15, -0.1) is 0 Å². The van der Waals surface area contributed by atoms with Gasteiger partial charge in [0.2, 0.25) is 0 Å². The molecular formula is C28H27NP2. The molecule has 1 nitrogen and oxygen atoms in total. The summed E-state index contributed by atoms with van der Waals surface area (Å²) in [5.74, 6) is 0. The minimum atomic E-state index is -0.605. The van der Waals surface area contributed by atoms with Crippen LogP contribution >= 0.6 is 15.8 Å². The molecule has 4 aromatic rings. The van der Waals surface area contributed by atoms with Crippen LogP contribution in [0.1, 0.15) is 12.8 Å². The minimum Gasteiger partial charge on any atom is -0.303 e. The van der Waals surface area contributed by atoms with Crippen LogP contribution < -0.4 is 26.5 Å². The first-order valence-corrected chi connectivity index (χ1v) is 13.6. The second kappa shape index (κ2) is 9.46. The van der Waals surface area contributed by atoms with Gasteiger partial charge in [-0.2, -0.15) is 0 Å². The predicted octanol–water partition coefficient (Wildman–Crippen LogP) is 5.29. The van der Waals surface area contributed by atoms with Crippen molar-refractivity contribution < 1.29 is 0 Å². The molecule has 0 aliphatic carbocycles. The van der Waals surface area contributed by atoms with Gasteiger partial charge >= 0.3 is 0 Å². The van der Waals surface area contributed by atoms with Crippen molar-refractivity contribution in [2.75, 3.05) is 6.54 Å². The Balaban J connectivity index is 1.76. The smallest absolute Gasteiger partial charge is 0.0744 e. The molecule has 0 radical (unpaired) electrons. The maximum Gasteiger partial charge on any atom is 0.0744 e. The summed E-state index contributed by atoms with van der Waals surface area (Å²) in [5, 5.41) is 9.97. The highest BCUT2D eigenvalue weighted by Crippen LogP contribution is 2.66. The lowest BCUT2D eigenvalue weighted by molar-refractivity contribution is 0.736. The Morgan fingerprint density at radius 2 is 0.806 bits per heavy atom. The minimum absolute atomic E-state index is 0.0239. The van der Waals surface area contributed by atoms with Crippen molar-refractivity contribution in [1.29, 1.82) is 0 Å². The summed E-state index contributed by atoms with van der Waals surface area (Å²) in [5.41, 5.74) is 0. The summed E-state index contributed by atoms with van der Waals surface area (Å²) in [6, 6.07) is 44.8. The lowest BCUT2D eigenvalue weighted by Crippen LogP contribution is -2.46. The molecule has 1 fully saturated rings. The number of rotatable bonds is 6. The molecule has 0 saturated carbocycles. The Morgan fingerprint density at radius 3 is 1.06 bits per heavy atom. The third kappa shape index (κ3) is 4.11. The monoisotopic (exact) mass is 439 g/mol. The third-order valence-corrected chi connectivity index (χ3v) is 12.6. The molecule has 0 atom stereocenters. The molecule has 3 heteroatoms. The third-order valence-electron chi connectivity index (χ3n) is 5.91. The molecule has 154 valence electrons. The zero-order valence-electron chi connectivity index (χ0n) is 17.6. The molecule has 1 saturated heterocycles. The van der Waals surface area contributed by atoms with Crippen molar-refractivity contribution in [3.05, 3.63) is 121 Å². The van der Waals surface area contributed by atoms with Gasteiger partial charge in [0.15, 0.2) is 0 Å². The molecule has 1 N–H and O–H groups in total. The van der Waals surface area contributed by atoms with Gasteiger partial charge in [-0.3, -0.25) is 0 Å². The normalized spacial score (nSPS) is 15.4. The van der Waals surface area contributed by atoms with Crippen molar-refractivity contribution in [1.82, 2.24) is 5.32 Å². The topological polar surface area (TPSA) is 12.0 Å². The van der Waals surface area contributed by atoms with Gasteiger partial charge in [-0.25, -0.2) is 0 Å². The molecule has 4 aromatic carbocycles. The largest absolute Gasteiger partial charge is 0.303 e. The van der Waals surface area contributed by atoms with E-state index in [4.69, 9.17) is 0 Å². The maximum atomic E-state index is 4.12.